The summed E-state index contributed by atoms with van der Waals surface area (Å²) >= 11 is 0. The topological polar surface area (TPSA) is 147 Å². The van der Waals surface area contributed by atoms with Gasteiger partial charge in [0, 0.05) is 19.7 Å². The fraction of sp³-hybridized carbons (Fsp3) is 0.600. The van der Waals surface area contributed by atoms with Gasteiger partial charge in [0.2, 0.25) is 0 Å². The molecule has 0 aromatic carbocycles. The molecule has 10 nitrogen and oxygen atoms in total. The number of aromatic nitrogens is 2. The molecule has 1 aromatic heterocycles. The zero-order valence-corrected chi connectivity index (χ0v) is 12.0. The highest BCUT2D eigenvalue weighted by Crippen LogP contribution is 2.43. The fourth-order valence-corrected chi connectivity index (χ4v) is 2.72. The maximum atomic E-state index is 12.0. The minimum absolute atomic E-state index is 0.00636. The standard InChI is InChI=1S/C10H16N3O7P/c1-12-8(11)2-3-13(10(12)15)9-4-6(7(5-14)19-9)20-21(16,17)18/h2-3,6-7,9,11,14H,4-5H2,1H3,(H2,16,17,18)/t6-,7+,9+/m0/s1. The van der Waals surface area contributed by atoms with Gasteiger partial charge in [-0.15, -0.1) is 0 Å². The van der Waals surface area contributed by atoms with Gasteiger partial charge in [0.15, 0.2) is 0 Å². The summed E-state index contributed by atoms with van der Waals surface area (Å²) in [7, 11) is -3.31. The number of hydrogen-bond donors (Lipinski definition) is 4. The Morgan fingerprint density at radius 3 is 2.81 bits per heavy atom. The van der Waals surface area contributed by atoms with Crippen LogP contribution in [0.25, 0.3) is 0 Å². The van der Waals surface area contributed by atoms with Gasteiger partial charge >= 0.3 is 13.5 Å². The highest BCUT2D eigenvalue weighted by molar-refractivity contribution is 7.46. The lowest BCUT2D eigenvalue weighted by Gasteiger charge is -2.16. The molecule has 0 spiro atoms. The van der Waals surface area contributed by atoms with Crippen molar-refractivity contribution in [3.8, 4) is 0 Å². The summed E-state index contributed by atoms with van der Waals surface area (Å²) in [6.45, 7) is -0.501. The van der Waals surface area contributed by atoms with Crippen LogP contribution in [0.1, 0.15) is 12.6 Å². The number of nitrogens with zero attached hydrogens (tertiary/aromatic N) is 2. The van der Waals surface area contributed by atoms with Crippen molar-refractivity contribution in [2.24, 2.45) is 7.05 Å². The van der Waals surface area contributed by atoms with Crippen LogP contribution in [0.15, 0.2) is 17.1 Å². The number of nitrogens with one attached hydrogen (secondary N) is 1. The molecule has 2 rings (SSSR count). The summed E-state index contributed by atoms with van der Waals surface area (Å²) in [6.07, 6.45) is -1.47. The van der Waals surface area contributed by atoms with Crippen molar-refractivity contribution in [2.45, 2.75) is 24.9 Å². The van der Waals surface area contributed by atoms with Gasteiger partial charge in [0.1, 0.15) is 23.9 Å². The molecule has 3 atom stereocenters. The second-order valence-electron chi connectivity index (χ2n) is 4.63. The predicted octanol–water partition coefficient (Wildman–Crippen LogP) is -1.58. The molecule has 0 radical (unpaired) electrons. The zero-order valence-electron chi connectivity index (χ0n) is 11.1. The molecule has 21 heavy (non-hydrogen) atoms. The molecule has 0 saturated carbocycles. The third kappa shape index (κ3) is 3.49. The van der Waals surface area contributed by atoms with Crippen LogP contribution in [0, 0.1) is 5.41 Å². The van der Waals surface area contributed by atoms with E-state index in [1.54, 1.807) is 0 Å². The fourth-order valence-electron chi connectivity index (χ4n) is 2.14. The number of aliphatic hydroxyl groups excluding tert-OH is 1. The summed E-state index contributed by atoms with van der Waals surface area (Å²) in [5.74, 6) is 0. The first-order valence-corrected chi connectivity index (χ1v) is 7.59. The molecule has 0 unspecified atom stereocenters. The van der Waals surface area contributed by atoms with Crippen molar-refractivity contribution < 1.29 is 28.7 Å². The van der Waals surface area contributed by atoms with E-state index in [4.69, 9.17) is 19.9 Å². The Balaban J connectivity index is 2.28. The summed E-state index contributed by atoms with van der Waals surface area (Å²) in [6, 6.07) is 1.38. The number of rotatable bonds is 4. The Hall–Kier alpha value is -1.29. The van der Waals surface area contributed by atoms with Crippen molar-refractivity contribution in [3.05, 3.63) is 28.2 Å². The average Bonchev–Trinajstić information content (AvgIpc) is 2.76. The van der Waals surface area contributed by atoms with Gasteiger partial charge in [-0.3, -0.25) is 19.1 Å². The van der Waals surface area contributed by atoms with Gasteiger partial charge < -0.3 is 19.6 Å². The molecule has 11 heteroatoms. The van der Waals surface area contributed by atoms with Crippen molar-refractivity contribution in [1.82, 2.24) is 9.13 Å². The maximum absolute atomic E-state index is 12.0. The predicted molar refractivity (Wildman–Crippen MR) is 68.1 cm³/mol. The van der Waals surface area contributed by atoms with Crippen molar-refractivity contribution >= 4 is 7.82 Å². The van der Waals surface area contributed by atoms with Crippen LogP contribution in [-0.4, -0.2) is 42.8 Å². The Bertz CT molecular complexity index is 678. The molecule has 118 valence electrons. The molecular weight excluding hydrogens is 305 g/mol. The van der Waals surface area contributed by atoms with Gasteiger partial charge in [-0.2, -0.15) is 0 Å². The number of ether oxygens (including phenoxy) is 1. The quantitative estimate of drug-likeness (QED) is 0.489. The third-order valence-electron chi connectivity index (χ3n) is 3.21. The second kappa shape index (κ2) is 5.84. The first-order chi connectivity index (χ1) is 9.73. The lowest BCUT2D eigenvalue weighted by Crippen LogP contribution is -2.38. The van der Waals surface area contributed by atoms with Crippen LogP contribution >= 0.6 is 7.82 Å². The van der Waals surface area contributed by atoms with E-state index < -0.39 is 38.6 Å². The van der Waals surface area contributed by atoms with Gasteiger partial charge in [-0.05, 0) is 6.07 Å². The molecular formula is C10H16N3O7P. The van der Waals surface area contributed by atoms with E-state index in [0.29, 0.717) is 0 Å². The Morgan fingerprint density at radius 1 is 1.57 bits per heavy atom. The van der Waals surface area contributed by atoms with E-state index >= 15 is 0 Å². The molecule has 1 saturated heterocycles. The second-order valence-corrected chi connectivity index (χ2v) is 5.82. The molecule has 4 N–H and O–H groups in total. The zero-order chi connectivity index (χ0) is 15.8. The van der Waals surface area contributed by atoms with E-state index in [2.05, 4.69) is 4.52 Å². The van der Waals surface area contributed by atoms with Gasteiger partial charge in [-0.1, -0.05) is 0 Å². The Morgan fingerprint density at radius 2 is 2.24 bits per heavy atom. The summed E-state index contributed by atoms with van der Waals surface area (Å²) in [5, 5.41) is 16.7. The number of phosphoric acid groups is 1. The van der Waals surface area contributed by atoms with Crippen LogP contribution in [0.5, 0.6) is 0 Å². The van der Waals surface area contributed by atoms with Crippen molar-refractivity contribution in [3.63, 3.8) is 0 Å². The summed E-state index contributed by atoms with van der Waals surface area (Å²) in [5.41, 5.74) is -0.503. The van der Waals surface area contributed by atoms with Gasteiger partial charge in [-0.25, -0.2) is 9.36 Å². The highest BCUT2D eigenvalue weighted by atomic mass is 31.2. The maximum Gasteiger partial charge on any atom is 0.469 e. The molecule has 0 aliphatic carbocycles. The number of phosphoric ester groups is 1. The molecule has 0 bridgehead atoms. The van der Waals surface area contributed by atoms with E-state index in [9.17, 15) is 14.5 Å². The van der Waals surface area contributed by atoms with E-state index in [1.165, 1.54) is 23.9 Å². The van der Waals surface area contributed by atoms with Gasteiger partial charge in [0.05, 0.1) is 6.61 Å². The normalized spacial score (nSPS) is 26.2. The number of aliphatic hydroxyl groups is 1. The van der Waals surface area contributed by atoms with Crippen LogP contribution in [0.3, 0.4) is 0 Å². The summed E-state index contributed by atoms with van der Waals surface area (Å²) in [4.78, 5) is 29.7. The van der Waals surface area contributed by atoms with Gasteiger partial charge in [0.25, 0.3) is 0 Å². The largest absolute Gasteiger partial charge is 0.469 e. The highest BCUT2D eigenvalue weighted by Gasteiger charge is 2.40. The monoisotopic (exact) mass is 321 g/mol. The Labute approximate surface area is 118 Å². The lowest BCUT2D eigenvalue weighted by atomic mass is 10.2. The SMILES string of the molecule is Cn1c(=N)ccn([C@H]2C[C@H](OP(=O)(O)O)[C@@H](CO)O2)c1=O. The van der Waals surface area contributed by atoms with Crippen molar-refractivity contribution in [1.29, 1.82) is 5.41 Å². The minimum Gasteiger partial charge on any atom is -0.394 e. The van der Waals surface area contributed by atoms with E-state index in [-0.39, 0.29) is 11.9 Å². The first kappa shape index (κ1) is 16.1. The molecule has 0 amide bonds. The van der Waals surface area contributed by atoms with Crippen LogP contribution in [0.2, 0.25) is 0 Å². The molecule has 2 heterocycles. The average molecular weight is 321 g/mol. The van der Waals surface area contributed by atoms with Crippen molar-refractivity contribution in [2.75, 3.05) is 6.61 Å². The first-order valence-electron chi connectivity index (χ1n) is 6.06. The van der Waals surface area contributed by atoms with E-state index in [0.717, 1.165) is 4.57 Å². The molecule has 1 aliphatic rings. The number of hydrogen-bond acceptors (Lipinski definition) is 6. The molecule has 1 aromatic rings. The lowest BCUT2D eigenvalue weighted by molar-refractivity contribution is -0.0456. The Kier molecular flexibility index (Phi) is 4.47. The molecule has 1 aliphatic heterocycles. The van der Waals surface area contributed by atoms with E-state index in [1.807, 2.05) is 0 Å². The third-order valence-corrected chi connectivity index (χ3v) is 3.75. The summed E-state index contributed by atoms with van der Waals surface area (Å²) < 4.78 is 23.1. The minimum atomic E-state index is -4.73. The van der Waals surface area contributed by atoms with Crippen LogP contribution in [-0.2, 0) is 20.9 Å². The van der Waals surface area contributed by atoms with Crippen LogP contribution < -0.4 is 11.2 Å². The van der Waals surface area contributed by atoms with Crippen LogP contribution in [0.4, 0.5) is 0 Å². The molecule has 1 fully saturated rings. The smallest absolute Gasteiger partial charge is 0.394 e.